The van der Waals surface area contributed by atoms with Crippen LogP contribution in [0.4, 0.5) is 0 Å². The van der Waals surface area contributed by atoms with Crippen LogP contribution in [-0.4, -0.2) is 52.9 Å². The van der Waals surface area contributed by atoms with Crippen LogP contribution in [-0.2, 0) is 26.4 Å². The zero-order valence-electron chi connectivity index (χ0n) is 23.1. The second-order valence-corrected chi connectivity index (χ2v) is 9.96. The first kappa shape index (κ1) is 28.6. The molecule has 1 amide bonds. The second-order valence-electron chi connectivity index (χ2n) is 9.96. The minimum absolute atomic E-state index is 0.201. The van der Waals surface area contributed by atoms with Crippen molar-refractivity contribution in [2.24, 2.45) is 12.8 Å². The molecule has 0 aliphatic heterocycles. The Kier molecular flexibility index (Phi) is 9.34. The largest absolute Gasteiger partial charge is 0.478 e. The molecule has 3 heterocycles. The van der Waals surface area contributed by atoms with E-state index >= 15 is 0 Å². The van der Waals surface area contributed by atoms with Crippen LogP contribution in [0.2, 0.25) is 0 Å². The third-order valence-electron chi connectivity index (χ3n) is 7.22. The average Bonchev–Trinajstić information content (AvgIpc) is 3.35. The van der Waals surface area contributed by atoms with Crippen LogP contribution >= 0.6 is 0 Å². The van der Waals surface area contributed by atoms with Gasteiger partial charge in [0.05, 0.1) is 29.5 Å². The maximum absolute atomic E-state index is 11.6. The summed E-state index contributed by atoms with van der Waals surface area (Å²) in [5.41, 5.74) is 12.1. The zero-order chi connectivity index (χ0) is 28.6. The first-order chi connectivity index (χ1) is 19.2. The summed E-state index contributed by atoms with van der Waals surface area (Å²) in [6, 6.07) is 12.1. The molecule has 1 unspecified atom stereocenters. The maximum atomic E-state index is 11.6. The molecule has 0 saturated carbocycles. The van der Waals surface area contributed by atoms with Gasteiger partial charge in [0.15, 0.2) is 0 Å². The molecular weight excluding hydrogens is 506 g/mol. The van der Waals surface area contributed by atoms with Gasteiger partial charge in [-0.2, -0.15) is 0 Å². The van der Waals surface area contributed by atoms with E-state index in [1.807, 2.05) is 44.0 Å². The van der Waals surface area contributed by atoms with Crippen LogP contribution in [0, 0.1) is 13.8 Å². The number of nitrogens with zero attached hydrogens (tertiary/aromatic N) is 6. The Morgan fingerprint density at radius 3 is 2.55 bits per heavy atom. The Hall–Kier alpha value is -4.44. The number of pyridine rings is 1. The SMILES string of the molecule is Cc1ncnc(C)c1C(=O)O.Cn1cncc1CCN(Cc1cccc(C(N)=O)c1)C1CCCc2cccnc21. The normalized spacial score (nSPS) is 14.2. The van der Waals surface area contributed by atoms with Crippen molar-refractivity contribution in [2.45, 2.75) is 52.1 Å². The number of carboxylic acid groups (broad SMARTS) is 1. The summed E-state index contributed by atoms with van der Waals surface area (Å²) in [5, 5.41) is 8.67. The van der Waals surface area contributed by atoms with Crippen molar-refractivity contribution in [3.63, 3.8) is 0 Å². The van der Waals surface area contributed by atoms with Gasteiger partial charge in [-0.25, -0.2) is 19.7 Å². The number of benzene rings is 1. The Labute approximate surface area is 233 Å². The molecule has 0 bridgehead atoms. The minimum atomic E-state index is -0.972. The molecule has 0 spiro atoms. The Balaban J connectivity index is 0.000000283. The molecule has 10 heteroatoms. The predicted molar refractivity (Wildman–Crippen MR) is 151 cm³/mol. The number of carbonyl (C=O) groups excluding carboxylic acids is 1. The molecule has 4 aromatic rings. The van der Waals surface area contributed by atoms with Gasteiger partial charge in [-0.1, -0.05) is 18.2 Å². The third kappa shape index (κ3) is 6.95. The van der Waals surface area contributed by atoms with Crippen molar-refractivity contribution in [2.75, 3.05) is 6.54 Å². The number of carboxylic acids is 1. The van der Waals surface area contributed by atoms with E-state index in [4.69, 9.17) is 15.8 Å². The Morgan fingerprint density at radius 2 is 1.90 bits per heavy atom. The summed E-state index contributed by atoms with van der Waals surface area (Å²) >= 11 is 0. The molecule has 1 aromatic carbocycles. The lowest BCUT2D eigenvalue weighted by Crippen LogP contribution is -2.33. The van der Waals surface area contributed by atoms with Gasteiger partial charge >= 0.3 is 5.97 Å². The number of hydrogen-bond acceptors (Lipinski definition) is 7. The number of aromatic nitrogens is 5. The molecule has 208 valence electrons. The number of aryl methyl sites for hydroxylation is 4. The van der Waals surface area contributed by atoms with E-state index in [0.29, 0.717) is 17.0 Å². The van der Waals surface area contributed by atoms with Crippen LogP contribution in [0.25, 0.3) is 0 Å². The summed E-state index contributed by atoms with van der Waals surface area (Å²) in [7, 11) is 2.03. The van der Waals surface area contributed by atoms with Crippen molar-refractivity contribution in [1.29, 1.82) is 0 Å². The van der Waals surface area contributed by atoms with Crippen molar-refractivity contribution >= 4 is 11.9 Å². The Morgan fingerprint density at radius 1 is 1.12 bits per heavy atom. The molecule has 0 saturated heterocycles. The highest BCUT2D eigenvalue weighted by Crippen LogP contribution is 2.34. The van der Waals surface area contributed by atoms with E-state index in [2.05, 4.69) is 36.6 Å². The number of fused-ring (bicyclic) bond motifs is 1. The van der Waals surface area contributed by atoms with Crippen LogP contribution in [0.5, 0.6) is 0 Å². The number of carbonyl (C=O) groups is 2. The molecular formula is C30H35N7O3. The molecule has 1 aliphatic carbocycles. The van der Waals surface area contributed by atoms with Gasteiger partial charge in [-0.3, -0.25) is 14.7 Å². The lowest BCUT2D eigenvalue weighted by atomic mass is 9.90. The number of primary amides is 1. The van der Waals surface area contributed by atoms with Gasteiger partial charge in [0, 0.05) is 50.2 Å². The van der Waals surface area contributed by atoms with E-state index < -0.39 is 11.9 Å². The summed E-state index contributed by atoms with van der Waals surface area (Å²) in [5.74, 6) is -1.36. The fourth-order valence-electron chi connectivity index (χ4n) is 5.13. The van der Waals surface area contributed by atoms with Crippen molar-refractivity contribution < 1.29 is 14.7 Å². The summed E-state index contributed by atoms with van der Waals surface area (Å²) in [6.45, 7) is 4.94. The van der Waals surface area contributed by atoms with Crippen LogP contribution in [0.1, 0.15) is 73.5 Å². The predicted octanol–water partition coefficient (Wildman–Crippen LogP) is 3.83. The fourth-order valence-corrected chi connectivity index (χ4v) is 5.13. The van der Waals surface area contributed by atoms with E-state index in [-0.39, 0.29) is 11.6 Å². The molecule has 0 radical (unpaired) electrons. The van der Waals surface area contributed by atoms with Crippen LogP contribution in [0.15, 0.2) is 61.4 Å². The van der Waals surface area contributed by atoms with Crippen LogP contribution < -0.4 is 5.73 Å². The monoisotopic (exact) mass is 541 g/mol. The number of aromatic carboxylic acids is 1. The summed E-state index contributed by atoms with van der Waals surface area (Å²) in [4.78, 5) is 41.2. The lowest BCUT2D eigenvalue weighted by Gasteiger charge is -2.35. The third-order valence-corrected chi connectivity index (χ3v) is 7.22. The average molecular weight is 542 g/mol. The highest BCUT2D eigenvalue weighted by atomic mass is 16.4. The lowest BCUT2D eigenvalue weighted by molar-refractivity contribution is 0.0694. The fraction of sp³-hybridized carbons (Fsp3) is 0.333. The van der Waals surface area contributed by atoms with Gasteiger partial charge < -0.3 is 15.4 Å². The van der Waals surface area contributed by atoms with Crippen LogP contribution in [0.3, 0.4) is 0 Å². The number of hydrogen-bond donors (Lipinski definition) is 2. The number of amides is 1. The maximum Gasteiger partial charge on any atom is 0.339 e. The van der Waals surface area contributed by atoms with E-state index in [1.165, 1.54) is 23.3 Å². The quantitative estimate of drug-likeness (QED) is 0.343. The van der Waals surface area contributed by atoms with Gasteiger partial charge in [0.2, 0.25) is 5.91 Å². The molecule has 40 heavy (non-hydrogen) atoms. The number of imidazole rings is 1. The van der Waals surface area contributed by atoms with Crippen molar-refractivity contribution in [1.82, 2.24) is 29.4 Å². The number of nitrogens with two attached hydrogens (primary N) is 1. The molecule has 10 nitrogen and oxygen atoms in total. The topological polar surface area (TPSA) is 140 Å². The first-order valence-corrected chi connectivity index (χ1v) is 13.3. The van der Waals surface area contributed by atoms with Gasteiger partial charge in [-0.05, 0) is 62.4 Å². The standard InChI is InChI=1S/C23H27N5O.C7H8N2O2/c1-27-16-25-14-20(27)10-12-28(15-17-5-2-7-19(13-17)23(24)29)21-9-3-6-18-8-4-11-26-22(18)21;1-4-6(7(10)11)5(2)9-3-8-4/h2,4-5,7-8,11,13-14,16,21H,3,6,9-10,12,15H2,1H3,(H2,24,29);3H,1-2H3,(H,10,11). The molecule has 1 aliphatic rings. The highest BCUT2D eigenvalue weighted by molar-refractivity contribution is 5.92. The Bertz CT molecular complexity index is 1460. The smallest absolute Gasteiger partial charge is 0.339 e. The molecule has 3 aromatic heterocycles. The molecule has 1 atom stereocenters. The number of rotatable bonds is 8. The first-order valence-electron chi connectivity index (χ1n) is 13.3. The van der Waals surface area contributed by atoms with Crippen molar-refractivity contribution in [3.05, 3.63) is 106 Å². The highest BCUT2D eigenvalue weighted by Gasteiger charge is 2.27. The molecule has 3 N–H and O–H groups in total. The van der Waals surface area contributed by atoms with Gasteiger partial charge in [0.25, 0.3) is 0 Å². The zero-order valence-corrected chi connectivity index (χ0v) is 23.1. The van der Waals surface area contributed by atoms with Crippen molar-refractivity contribution in [3.8, 4) is 0 Å². The second kappa shape index (κ2) is 13.1. The van der Waals surface area contributed by atoms with Gasteiger partial charge in [-0.15, -0.1) is 0 Å². The van der Waals surface area contributed by atoms with E-state index in [9.17, 15) is 9.59 Å². The van der Waals surface area contributed by atoms with E-state index in [1.54, 1.807) is 19.9 Å². The van der Waals surface area contributed by atoms with E-state index in [0.717, 1.165) is 44.3 Å². The molecule has 5 rings (SSSR count). The molecule has 0 fully saturated rings. The summed E-state index contributed by atoms with van der Waals surface area (Å²) < 4.78 is 2.07. The minimum Gasteiger partial charge on any atom is -0.478 e. The summed E-state index contributed by atoms with van der Waals surface area (Å²) in [6.07, 6.45) is 11.3. The van der Waals surface area contributed by atoms with Gasteiger partial charge in [0.1, 0.15) is 11.9 Å².